The Morgan fingerprint density at radius 1 is 1.38 bits per heavy atom. The van der Waals surface area contributed by atoms with E-state index in [1.165, 1.54) is 0 Å². The Morgan fingerprint density at radius 2 is 1.94 bits per heavy atom. The fourth-order valence-electron chi connectivity index (χ4n) is 1.16. The van der Waals surface area contributed by atoms with Crippen LogP contribution in [-0.4, -0.2) is 4.98 Å². The number of pyridine rings is 1. The summed E-state index contributed by atoms with van der Waals surface area (Å²) in [6.07, 6.45) is -7.14. The van der Waals surface area contributed by atoms with E-state index in [4.69, 9.17) is 11.6 Å². The van der Waals surface area contributed by atoms with Crippen LogP contribution in [0.15, 0.2) is 10.8 Å². The molecule has 8 heteroatoms. The molecule has 90 valence electrons. The predicted molar refractivity (Wildman–Crippen MR) is 51.5 cm³/mol. The lowest BCUT2D eigenvalue weighted by Crippen LogP contribution is -2.13. The van der Waals surface area contributed by atoms with Crippen LogP contribution in [0.5, 0.6) is 0 Å². The normalized spacial score (nSPS) is 12.2. The smallest absolute Gasteiger partial charge is 0.248 e. The molecule has 1 rings (SSSR count). The Morgan fingerprint density at radius 3 is 2.31 bits per heavy atom. The largest absolute Gasteiger partial charge is 0.419 e. The first kappa shape index (κ1) is 13.6. The first-order chi connectivity index (χ1) is 7.29. The third kappa shape index (κ3) is 2.63. The first-order valence-corrected chi connectivity index (χ1v) is 5.20. The Hall–Kier alpha value is -0.430. The lowest BCUT2D eigenvalue weighted by molar-refractivity contribution is -0.139. The lowest BCUT2D eigenvalue weighted by Gasteiger charge is -2.15. The average Bonchev–Trinajstić information content (AvgIpc) is 2.14. The molecule has 1 heterocycles. The molecule has 0 N–H and O–H groups in total. The highest BCUT2D eigenvalue weighted by Crippen LogP contribution is 2.40. The Bertz CT molecular complexity index is 393. The molecule has 0 aromatic carbocycles. The van der Waals surface area contributed by atoms with Gasteiger partial charge in [0.15, 0.2) is 0 Å². The summed E-state index contributed by atoms with van der Waals surface area (Å²) < 4.78 is 62.0. The van der Waals surface area contributed by atoms with Gasteiger partial charge in [0.1, 0.15) is 4.60 Å². The van der Waals surface area contributed by atoms with Gasteiger partial charge >= 0.3 is 6.18 Å². The van der Waals surface area contributed by atoms with E-state index in [0.717, 1.165) is 0 Å². The average molecular weight is 324 g/mol. The zero-order valence-electron chi connectivity index (χ0n) is 7.45. The predicted octanol–water partition coefficient (Wildman–Crippen LogP) is 4.54. The second-order valence-corrected chi connectivity index (χ2v) is 3.81. The van der Waals surface area contributed by atoms with Crippen LogP contribution in [0.2, 0.25) is 0 Å². The summed E-state index contributed by atoms with van der Waals surface area (Å²) in [5, 5.41) is 0. The van der Waals surface area contributed by atoms with Gasteiger partial charge in [-0.1, -0.05) is 0 Å². The van der Waals surface area contributed by atoms with Gasteiger partial charge in [-0.15, -0.1) is 11.6 Å². The number of halogens is 7. The van der Waals surface area contributed by atoms with E-state index in [1.54, 1.807) is 0 Å². The number of aromatic nitrogens is 1. The second-order valence-electron chi connectivity index (χ2n) is 2.79. The molecule has 1 aromatic heterocycles. The molecule has 1 aromatic rings. The molecule has 0 unspecified atom stereocenters. The van der Waals surface area contributed by atoms with Crippen molar-refractivity contribution in [3.8, 4) is 0 Å². The van der Waals surface area contributed by atoms with Crippen LogP contribution in [-0.2, 0) is 12.1 Å². The Labute approximate surface area is 101 Å². The van der Waals surface area contributed by atoms with E-state index in [-0.39, 0.29) is 0 Å². The molecule has 0 spiro atoms. The topological polar surface area (TPSA) is 12.9 Å². The molecule has 0 radical (unpaired) electrons. The van der Waals surface area contributed by atoms with Crippen molar-refractivity contribution in [2.24, 2.45) is 0 Å². The molecule has 0 amide bonds. The van der Waals surface area contributed by atoms with Gasteiger partial charge in [-0.05, 0) is 21.5 Å². The SMILES string of the molecule is FC(F)c1cnc(Br)c(C(F)(F)F)c1CCl. The van der Waals surface area contributed by atoms with Crippen LogP contribution in [0.4, 0.5) is 22.0 Å². The van der Waals surface area contributed by atoms with Gasteiger partial charge in [0.2, 0.25) is 0 Å². The summed E-state index contributed by atoms with van der Waals surface area (Å²) in [6, 6.07) is 0. The maximum atomic E-state index is 12.6. The molecule has 0 saturated carbocycles. The minimum absolute atomic E-state index is 0.542. The van der Waals surface area contributed by atoms with Crippen molar-refractivity contribution in [2.75, 3.05) is 0 Å². The molecule has 0 aliphatic carbocycles. The maximum absolute atomic E-state index is 12.6. The third-order valence-electron chi connectivity index (χ3n) is 1.83. The first-order valence-electron chi connectivity index (χ1n) is 3.87. The van der Waals surface area contributed by atoms with Crippen molar-refractivity contribution in [1.82, 2.24) is 4.98 Å². The fraction of sp³-hybridized carbons (Fsp3) is 0.375. The summed E-state index contributed by atoms with van der Waals surface area (Å²) in [5.74, 6) is -0.657. The number of alkyl halides is 6. The second kappa shape index (κ2) is 4.83. The van der Waals surface area contributed by atoms with Crippen molar-refractivity contribution in [2.45, 2.75) is 18.5 Å². The summed E-state index contributed by atoms with van der Waals surface area (Å²) in [7, 11) is 0. The highest BCUT2D eigenvalue weighted by Gasteiger charge is 2.38. The van der Waals surface area contributed by atoms with Gasteiger partial charge in [-0.25, -0.2) is 13.8 Å². The van der Waals surface area contributed by atoms with E-state index >= 15 is 0 Å². The van der Waals surface area contributed by atoms with E-state index in [1.807, 2.05) is 0 Å². The van der Waals surface area contributed by atoms with Gasteiger partial charge in [0, 0.05) is 17.6 Å². The molecule has 0 fully saturated rings. The van der Waals surface area contributed by atoms with E-state index in [0.29, 0.717) is 6.20 Å². The van der Waals surface area contributed by atoms with Crippen molar-refractivity contribution in [3.63, 3.8) is 0 Å². The number of hydrogen-bond donors (Lipinski definition) is 0. The molecule has 0 saturated heterocycles. The molecule has 0 aliphatic heterocycles. The van der Waals surface area contributed by atoms with E-state index in [2.05, 4.69) is 20.9 Å². The lowest BCUT2D eigenvalue weighted by atomic mass is 10.1. The van der Waals surface area contributed by atoms with Gasteiger partial charge in [-0.2, -0.15) is 13.2 Å². The summed E-state index contributed by atoms with van der Waals surface area (Å²) in [5.41, 5.74) is -2.70. The van der Waals surface area contributed by atoms with Crippen LogP contribution >= 0.6 is 27.5 Å². The van der Waals surface area contributed by atoms with Crippen molar-refractivity contribution < 1.29 is 22.0 Å². The minimum Gasteiger partial charge on any atom is -0.248 e. The number of nitrogens with zero attached hydrogens (tertiary/aromatic N) is 1. The minimum atomic E-state index is -4.78. The van der Waals surface area contributed by atoms with Crippen LogP contribution in [0.3, 0.4) is 0 Å². The van der Waals surface area contributed by atoms with Crippen molar-refractivity contribution in [3.05, 3.63) is 27.5 Å². The summed E-state index contributed by atoms with van der Waals surface area (Å²) in [6.45, 7) is 0. The zero-order valence-corrected chi connectivity index (χ0v) is 9.80. The Kier molecular flexibility index (Phi) is 4.12. The third-order valence-corrected chi connectivity index (χ3v) is 2.69. The van der Waals surface area contributed by atoms with Gasteiger partial charge in [0.25, 0.3) is 6.43 Å². The van der Waals surface area contributed by atoms with E-state index in [9.17, 15) is 22.0 Å². The van der Waals surface area contributed by atoms with Crippen LogP contribution in [0.25, 0.3) is 0 Å². The van der Waals surface area contributed by atoms with Crippen LogP contribution in [0.1, 0.15) is 23.1 Å². The Balaban J connectivity index is 3.51. The highest BCUT2D eigenvalue weighted by molar-refractivity contribution is 9.10. The van der Waals surface area contributed by atoms with Crippen LogP contribution < -0.4 is 0 Å². The number of hydrogen-bond acceptors (Lipinski definition) is 1. The molecule has 1 nitrogen and oxygen atoms in total. The van der Waals surface area contributed by atoms with Crippen LogP contribution in [0, 0.1) is 0 Å². The molecule has 0 aliphatic rings. The fourth-order valence-corrected chi connectivity index (χ4v) is 2.01. The quantitative estimate of drug-likeness (QED) is 0.442. The molecular weight excluding hydrogens is 320 g/mol. The zero-order chi connectivity index (χ0) is 12.5. The number of rotatable bonds is 2. The molecule has 16 heavy (non-hydrogen) atoms. The van der Waals surface area contributed by atoms with Gasteiger partial charge < -0.3 is 0 Å². The van der Waals surface area contributed by atoms with Gasteiger partial charge in [0.05, 0.1) is 5.56 Å². The summed E-state index contributed by atoms with van der Waals surface area (Å²) >= 11 is 7.85. The standard InChI is InChI=1S/C8H4BrClF5N/c9-6-5(8(13,14)15)3(1-10)4(2-16-6)7(11)12/h2,7H,1H2. The van der Waals surface area contributed by atoms with Crippen molar-refractivity contribution in [1.29, 1.82) is 0 Å². The monoisotopic (exact) mass is 323 g/mol. The van der Waals surface area contributed by atoms with Gasteiger partial charge in [-0.3, -0.25) is 0 Å². The molecular formula is C8H4BrClF5N. The highest BCUT2D eigenvalue weighted by atomic mass is 79.9. The molecule has 0 atom stereocenters. The summed E-state index contributed by atoms with van der Waals surface area (Å²) in [4.78, 5) is 3.23. The molecule has 0 bridgehead atoms. The van der Waals surface area contributed by atoms with Crippen molar-refractivity contribution >= 4 is 27.5 Å². The maximum Gasteiger partial charge on any atom is 0.419 e. The van der Waals surface area contributed by atoms with E-state index < -0.39 is 39.8 Å².